The van der Waals surface area contributed by atoms with Crippen LogP contribution in [0.3, 0.4) is 0 Å². The average molecular weight is 907 g/mol. The van der Waals surface area contributed by atoms with Crippen LogP contribution in [0.15, 0.2) is 142 Å². The summed E-state index contributed by atoms with van der Waals surface area (Å²) in [5.74, 6) is 1.66. The van der Waals surface area contributed by atoms with E-state index >= 15 is 0 Å². The first-order valence-electron chi connectivity index (χ1n) is 24.6. The fourth-order valence-electron chi connectivity index (χ4n) is 11.3. The molecule has 0 aliphatic carbocycles. The topological polar surface area (TPSA) is 83.7 Å². The van der Waals surface area contributed by atoms with E-state index in [1.54, 1.807) is 0 Å². The van der Waals surface area contributed by atoms with Crippen LogP contribution in [0.25, 0.3) is 120 Å². The normalized spacial score (nSPS) is 12.5. The Labute approximate surface area is 405 Å². The summed E-state index contributed by atoms with van der Waals surface area (Å²) in [4.78, 5) is 0. The van der Waals surface area contributed by atoms with Crippen molar-refractivity contribution in [1.82, 2.24) is 9.13 Å². The minimum absolute atomic E-state index is 0.282. The number of benzene rings is 9. The predicted octanol–water partition coefficient (Wildman–Crippen LogP) is 18.2. The second kappa shape index (κ2) is 15.1. The summed E-state index contributed by atoms with van der Waals surface area (Å²) in [5.41, 5.74) is 14.7. The summed E-state index contributed by atoms with van der Waals surface area (Å²) in [5, 5.41) is 33.8. The average Bonchev–Trinajstić information content (AvgIpc) is 4.10. The SMILES string of the molecule is CC(C)c1ccc2c(c1)c1cc(C(C)C)ccc1n2-c1ccc2cc3c(cc2c1)oc1c(C#N)c2oc4cc5cc(-n6c7ccc(C(C)C)cc7c7cc(C(C)C)ccc76)ccc5cc4c2c(C#N)c13. The van der Waals surface area contributed by atoms with Crippen molar-refractivity contribution in [2.24, 2.45) is 0 Å². The van der Waals surface area contributed by atoms with E-state index in [9.17, 15) is 10.5 Å². The van der Waals surface area contributed by atoms with Gasteiger partial charge in [-0.05, 0) is 165 Å². The molecule has 0 atom stereocenters. The van der Waals surface area contributed by atoms with Crippen molar-refractivity contribution in [2.45, 2.75) is 79.1 Å². The Hall–Kier alpha value is -8.32. The van der Waals surface area contributed by atoms with E-state index in [4.69, 9.17) is 8.83 Å². The highest BCUT2D eigenvalue weighted by Crippen LogP contribution is 2.46. The summed E-state index contributed by atoms with van der Waals surface area (Å²) < 4.78 is 18.1. The molecule has 0 N–H and O–H groups in total. The Kier molecular flexibility index (Phi) is 9.02. The van der Waals surface area contributed by atoms with E-state index in [0.717, 1.165) is 65.8 Å². The van der Waals surface area contributed by atoms with Crippen LogP contribution in [0, 0.1) is 22.7 Å². The molecule has 13 rings (SSSR count). The highest BCUT2D eigenvalue weighted by Gasteiger charge is 2.26. The number of hydrogen-bond donors (Lipinski definition) is 0. The number of nitriles is 2. The van der Waals surface area contributed by atoms with Crippen LogP contribution in [0.2, 0.25) is 0 Å². The van der Waals surface area contributed by atoms with E-state index < -0.39 is 0 Å². The van der Waals surface area contributed by atoms with Gasteiger partial charge in [0.2, 0.25) is 0 Å². The second-order valence-electron chi connectivity index (χ2n) is 20.7. The minimum Gasteiger partial charge on any atom is -0.454 e. The molecule has 0 bridgehead atoms. The van der Waals surface area contributed by atoms with E-state index in [2.05, 4.69) is 198 Å². The molecule has 0 amide bonds. The lowest BCUT2D eigenvalue weighted by molar-refractivity contribution is 0.654. The maximum Gasteiger partial charge on any atom is 0.158 e. The van der Waals surface area contributed by atoms with Gasteiger partial charge in [0.1, 0.15) is 28.9 Å². The second-order valence-corrected chi connectivity index (χ2v) is 20.7. The van der Waals surface area contributed by atoms with Gasteiger partial charge in [-0.15, -0.1) is 0 Å². The van der Waals surface area contributed by atoms with Crippen molar-refractivity contribution in [2.75, 3.05) is 0 Å². The van der Waals surface area contributed by atoms with E-state index in [-0.39, 0.29) is 5.56 Å². The summed E-state index contributed by atoms with van der Waals surface area (Å²) in [6.07, 6.45) is 0. The van der Waals surface area contributed by atoms with E-state index in [0.29, 0.717) is 62.3 Å². The van der Waals surface area contributed by atoms with Crippen LogP contribution in [-0.2, 0) is 0 Å². The largest absolute Gasteiger partial charge is 0.454 e. The molecular weight excluding hydrogens is 857 g/mol. The number of rotatable bonds is 6. The molecule has 6 nitrogen and oxygen atoms in total. The third-order valence-electron chi connectivity index (χ3n) is 15.2. The summed E-state index contributed by atoms with van der Waals surface area (Å²) in [7, 11) is 0. The van der Waals surface area contributed by atoms with Crippen LogP contribution in [0.4, 0.5) is 0 Å². The molecule has 338 valence electrons. The number of furan rings is 2. The Morgan fingerprint density at radius 1 is 0.357 bits per heavy atom. The van der Waals surface area contributed by atoms with Crippen molar-refractivity contribution >= 4 is 109 Å². The molecule has 0 saturated heterocycles. The fraction of sp³-hybridized carbons (Fsp3) is 0.188. The molecule has 0 radical (unpaired) electrons. The fourth-order valence-corrected chi connectivity index (χ4v) is 11.3. The molecule has 70 heavy (non-hydrogen) atoms. The first-order valence-corrected chi connectivity index (χ1v) is 24.6. The van der Waals surface area contributed by atoms with Crippen molar-refractivity contribution < 1.29 is 8.83 Å². The molecule has 0 aliphatic rings. The maximum atomic E-state index is 11.1. The van der Waals surface area contributed by atoms with Gasteiger partial charge in [0, 0.05) is 54.5 Å². The van der Waals surface area contributed by atoms with Gasteiger partial charge in [-0.25, -0.2) is 0 Å². The molecular formula is C64H50N4O2. The number of fused-ring (bicyclic) bond motifs is 14. The van der Waals surface area contributed by atoms with Gasteiger partial charge >= 0.3 is 0 Å². The van der Waals surface area contributed by atoms with Crippen molar-refractivity contribution in [1.29, 1.82) is 10.5 Å². The highest BCUT2D eigenvalue weighted by molar-refractivity contribution is 6.24. The number of hydrogen-bond acceptors (Lipinski definition) is 4. The standard InChI is InChI=1S/C64H50N4O2/c1-33(2)37-11-17-55-47(23-37)48-24-38(34(3)4)12-18-56(48)67(55)45-15-9-41-27-51-59(29-43(41)21-45)69-63-54(32-66)64-62(53(31-65)61(51)63)52-28-42-10-16-46(22-44(42)30-60(52)70-64)68-57-19-13-39(35(5)6)25-49(57)50-26-40(36(7)8)14-20-58(50)68/h9-30,33-36H,1-8H3. The monoisotopic (exact) mass is 906 g/mol. The van der Waals surface area contributed by atoms with Gasteiger partial charge in [-0.3, -0.25) is 0 Å². The third kappa shape index (κ3) is 5.96. The zero-order valence-electron chi connectivity index (χ0n) is 40.6. The summed E-state index contributed by atoms with van der Waals surface area (Å²) in [6.45, 7) is 18.0. The lowest BCUT2D eigenvalue weighted by Gasteiger charge is -2.11. The zero-order valence-corrected chi connectivity index (χ0v) is 40.6. The van der Waals surface area contributed by atoms with Gasteiger partial charge in [-0.1, -0.05) is 91.8 Å². The quantitative estimate of drug-likeness (QED) is 0.166. The molecule has 6 heteroatoms. The summed E-state index contributed by atoms with van der Waals surface area (Å²) >= 11 is 0. The van der Waals surface area contributed by atoms with Gasteiger partial charge in [0.15, 0.2) is 11.2 Å². The Morgan fingerprint density at radius 3 is 1.01 bits per heavy atom. The summed E-state index contributed by atoms with van der Waals surface area (Å²) in [6, 6.07) is 53.8. The molecule has 4 aromatic heterocycles. The molecule has 4 heterocycles. The molecule has 0 fully saturated rings. The smallest absolute Gasteiger partial charge is 0.158 e. The Morgan fingerprint density at radius 2 is 0.700 bits per heavy atom. The first-order chi connectivity index (χ1) is 33.9. The minimum atomic E-state index is 0.282. The first kappa shape index (κ1) is 41.8. The van der Waals surface area contributed by atoms with Gasteiger partial charge in [0.05, 0.1) is 27.6 Å². The third-order valence-corrected chi connectivity index (χ3v) is 15.2. The maximum absolute atomic E-state index is 11.1. The molecule has 0 aliphatic heterocycles. The van der Waals surface area contributed by atoms with Crippen LogP contribution >= 0.6 is 0 Å². The molecule has 13 aromatic rings. The van der Waals surface area contributed by atoms with E-state index in [1.165, 1.54) is 43.8 Å². The van der Waals surface area contributed by atoms with Crippen molar-refractivity contribution in [3.05, 3.63) is 167 Å². The number of nitrogens with zero attached hydrogens (tertiary/aromatic N) is 4. The van der Waals surface area contributed by atoms with Crippen molar-refractivity contribution in [3.8, 4) is 23.5 Å². The molecule has 0 spiro atoms. The van der Waals surface area contributed by atoms with Crippen LogP contribution in [0.5, 0.6) is 0 Å². The number of aromatic nitrogens is 2. The highest BCUT2D eigenvalue weighted by atomic mass is 16.3. The molecule has 9 aromatic carbocycles. The molecule has 0 unspecified atom stereocenters. The predicted molar refractivity (Wildman–Crippen MR) is 290 cm³/mol. The Balaban J connectivity index is 0.972. The lowest BCUT2D eigenvalue weighted by Crippen LogP contribution is -1.95. The van der Waals surface area contributed by atoms with Crippen LogP contribution < -0.4 is 0 Å². The van der Waals surface area contributed by atoms with Gasteiger partial charge < -0.3 is 18.0 Å². The van der Waals surface area contributed by atoms with Crippen LogP contribution in [0.1, 0.15) is 112 Å². The van der Waals surface area contributed by atoms with Gasteiger partial charge in [0.25, 0.3) is 0 Å². The van der Waals surface area contributed by atoms with Crippen molar-refractivity contribution in [3.63, 3.8) is 0 Å². The van der Waals surface area contributed by atoms with Crippen LogP contribution in [-0.4, -0.2) is 9.13 Å². The van der Waals surface area contributed by atoms with Gasteiger partial charge in [-0.2, -0.15) is 10.5 Å². The zero-order chi connectivity index (χ0) is 48.0. The Bertz CT molecular complexity index is 4110. The van der Waals surface area contributed by atoms with E-state index in [1.807, 2.05) is 12.1 Å². The molecule has 0 saturated carbocycles. The lowest BCUT2D eigenvalue weighted by atomic mass is 9.96.